The average molecular weight is 653 g/mol. The van der Waals surface area contributed by atoms with Crippen LogP contribution in [0.3, 0.4) is 0 Å². The van der Waals surface area contributed by atoms with Crippen LogP contribution in [-0.2, 0) is 16.1 Å². The van der Waals surface area contributed by atoms with E-state index in [-0.39, 0.29) is 5.56 Å². The molecule has 5 rings (SSSR count). The number of rotatable bonds is 7. The SMILES string of the molecule is COC(=O)C1=C(C)N=c2sc(=Cc3ccc(OCc4ccc(I)cc4)c(OC)c3)c(=O)n2C1c1ccccc1. The van der Waals surface area contributed by atoms with Gasteiger partial charge in [-0.05, 0) is 76.5 Å². The van der Waals surface area contributed by atoms with Crippen LogP contribution in [0.1, 0.15) is 29.7 Å². The smallest absolute Gasteiger partial charge is 0.338 e. The number of carbonyl (C=O) groups is 1. The van der Waals surface area contributed by atoms with E-state index in [0.717, 1.165) is 20.3 Å². The van der Waals surface area contributed by atoms with Gasteiger partial charge in [-0.25, -0.2) is 9.79 Å². The Morgan fingerprint density at radius 1 is 1.05 bits per heavy atom. The minimum atomic E-state index is -0.636. The molecule has 1 aliphatic rings. The Bertz CT molecular complexity index is 1740. The third-order valence-corrected chi connectivity index (χ3v) is 8.04. The Kier molecular flexibility index (Phi) is 7.99. The van der Waals surface area contributed by atoms with E-state index < -0.39 is 12.0 Å². The molecule has 1 unspecified atom stereocenters. The van der Waals surface area contributed by atoms with Gasteiger partial charge in [-0.1, -0.05) is 59.9 Å². The zero-order valence-corrected chi connectivity index (χ0v) is 24.5. The van der Waals surface area contributed by atoms with Crippen molar-refractivity contribution < 1.29 is 19.0 Å². The number of allylic oxidation sites excluding steroid dienone is 1. The van der Waals surface area contributed by atoms with Gasteiger partial charge in [-0.15, -0.1) is 0 Å². The molecule has 0 N–H and O–H groups in total. The Morgan fingerprint density at radius 2 is 1.79 bits per heavy atom. The first-order valence-corrected chi connectivity index (χ1v) is 14.0. The van der Waals surface area contributed by atoms with Crippen LogP contribution in [-0.4, -0.2) is 24.8 Å². The van der Waals surface area contributed by atoms with E-state index >= 15 is 0 Å². The summed E-state index contributed by atoms with van der Waals surface area (Å²) in [6.07, 6.45) is 1.80. The average Bonchev–Trinajstić information content (AvgIpc) is 3.26. The molecule has 2 heterocycles. The molecule has 4 aromatic rings. The van der Waals surface area contributed by atoms with Gasteiger partial charge in [0.15, 0.2) is 16.3 Å². The lowest BCUT2D eigenvalue weighted by Crippen LogP contribution is -2.39. The molecule has 0 saturated carbocycles. The molecule has 0 amide bonds. The molecule has 0 bridgehead atoms. The number of halogens is 1. The lowest BCUT2D eigenvalue weighted by Gasteiger charge is -2.24. The summed E-state index contributed by atoms with van der Waals surface area (Å²) in [5, 5.41) is 0. The van der Waals surface area contributed by atoms with Crippen molar-refractivity contribution in [2.24, 2.45) is 4.99 Å². The van der Waals surface area contributed by atoms with E-state index in [0.29, 0.717) is 38.7 Å². The predicted molar refractivity (Wildman–Crippen MR) is 159 cm³/mol. The van der Waals surface area contributed by atoms with Crippen molar-refractivity contribution in [2.45, 2.75) is 19.6 Å². The zero-order valence-electron chi connectivity index (χ0n) is 21.5. The highest BCUT2D eigenvalue weighted by atomic mass is 127. The number of nitrogens with zero attached hydrogens (tertiary/aromatic N) is 2. The highest BCUT2D eigenvalue weighted by molar-refractivity contribution is 14.1. The number of benzene rings is 3. The minimum absolute atomic E-state index is 0.237. The summed E-state index contributed by atoms with van der Waals surface area (Å²) in [6, 6.07) is 22.5. The van der Waals surface area contributed by atoms with Crippen molar-refractivity contribution in [2.75, 3.05) is 14.2 Å². The second-order valence-electron chi connectivity index (χ2n) is 8.81. The zero-order chi connectivity index (χ0) is 27.5. The fourth-order valence-electron chi connectivity index (χ4n) is 4.43. The highest BCUT2D eigenvalue weighted by Gasteiger charge is 2.32. The van der Waals surface area contributed by atoms with E-state index in [4.69, 9.17) is 14.2 Å². The largest absolute Gasteiger partial charge is 0.493 e. The number of thiazole rings is 1. The molecule has 3 aromatic carbocycles. The first-order valence-electron chi connectivity index (χ1n) is 12.1. The van der Waals surface area contributed by atoms with Crippen LogP contribution < -0.4 is 24.4 Å². The number of hydrogen-bond acceptors (Lipinski definition) is 7. The molecule has 1 aliphatic heterocycles. The van der Waals surface area contributed by atoms with Crippen LogP contribution in [0.5, 0.6) is 11.5 Å². The standard InChI is InChI=1S/C30H25IN2O5S/c1-18-26(29(35)37-3)27(21-7-5-4-6-8-21)33-28(34)25(39-30(33)32-18)16-20-11-14-23(24(15-20)36-2)38-17-19-9-12-22(31)13-10-19/h4-16,27H,17H2,1-3H3. The molecular formula is C30H25IN2O5S. The molecule has 1 atom stereocenters. The van der Waals surface area contributed by atoms with Crippen molar-refractivity contribution in [3.63, 3.8) is 0 Å². The lowest BCUT2D eigenvalue weighted by molar-refractivity contribution is -0.136. The quantitative estimate of drug-likeness (QED) is 0.216. The number of hydrogen-bond donors (Lipinski definition) is 0. The fourth-order valence-corrected chi connectivity index (χ4v) is 5.84. The normalized spacial score (nSPS) is 15.0. The number of methoxy groups -OCH3 is 2. The van der Waals surface area contributed by atoms with Gasteiger partial charge in [0.05, 0.1) is 36.1 Å². The van der Waals surface area contributed by atoms with Gasteiger partial charge in [-0.3, -0.25) is 9.36 Å². The second kappa shape index (κ2) is 11.6. The topological polar surface area (TPSA) is 79.1 Å². The van der Waals surface area contributed by atoms with Gasteiger partial charge in [0.25, 0.3) is 5.56 Å². The number of esters is 1. The molecule has 0 radical (unpaired) electrons. The van der Waals surface area contributed by atoms with E-state index in [9.17, 15) is 9.59 Å². The van der Waals surface area contributed by atoms with Crippen molar-refractivity contribution in [3.05, 3.63) is 124 Å². The molecule has 0 aliphatic carbocycles. The van der Waals surface area contributed by atoms with E-state index in [2.05, 4.69) is 27.6 Å². The van der Waals surface area contributed by atoms with Gasteiger partial charge >= 0.3 is 5.97 Å². The Morgan fingerprint density at radius 3 is 2.49 bits per heavy atom. The van der Waals surface area contributed by atoms with Gasteiger partial charge in [0, 0.05) is 3.57 Å². The van der Waals surface area contributed by atoms with Crippen molar-refractivity contribution in [3.8, 4) is 11.5 Å². The Balaban J connectivity index is 1.53. The monoisotopic (exact) mass is 652 g/mol. The Hall–Kier alpha value is -3.70. The molecular weight excluding hydrogens is 627 g/mol. The highest BCUT2D eigenvalue weighted by Crippen LogP contribution is 2.31. The van der Waals surface area contributed by atoms with Gasteiger partial charge < -0.3 is 14.2 Å². The number of carbonyl (C=O) groups excluding carboxylic acids is 1. The van der Waals surface area contributed by atoms with E-state index in [1.165, 1.54) is 18.4 Å². The maximum atomic E-state index is 13.7. The van der Waals surface area contributed by atoms with Crippen LogP contribution in [0.2, 0.25) is 0 Å². The van der Waals surface area contributed by atoms with Gasteiger partial charge in [0.2, 0.25) is 0 Å². The van der Waals surface area contributed by atoms with Crippen molar-refractivity contribution >= 4 is 46.0 Å². The van der Waals surface area contributed by atoms with Crippen LogP contribution >= 0.6 is 33.9 Å². The van der Waals surface area contributed by atoms with Crippen molar-refractivity contribution in [1.82, 2.24) is 4.57 Å². The first kappa shape index (κ1) is 26.9. The molecule has 0 spiro atoms. The third kappa shape index (κ3) is 5.55. The summed E-state index contributed by atoms with van der Waals surface area (Å²) < 4.78 is 19.9. The summed E-state index contributed by atoms with van der Waals surface area (Å²) in [6.45, 7) is 2.17. The molecule has 0 saturated heterocycles. The fraction of sp³-hybridized carbons (Fsp3) is 0.167. The molecule has 0 fully saturated rings. The Labute approximate surface area is 242 Å². The van der Waals surface area contributed by atoms with Crippen molar-refractivity contribution in [1.29, 1.82) is 0 Å². The second-order valence-corrected chi connectivity index (χ2v) is 11.1. The summed E-state index contributed by atoms with van der Waals surface area (Å²) in [7, 11) is 2.92. The number of aromatic nitrogens is 1. The first-order chi connectivity index (χ1) is 18.9. The molecule has 1 aromatic heterocycles. The van der Waals surface area contributed by atoms with Gasteiger partial charge in [-0.2, -0.15) is 0 Å². The number of fused-ring (bicyclic) bond motifs is 1. The molecule has 198 valence electrons. The van der Waals surface area contributed by atoms with E-state index in [1.54, 1.807) is 24.7 Å². The summed E-state index contributed by atoms with van der Waals surface area (Å²) in [5.74, 6) is 0.662. The molecule has 39 heavy (non-hydrogen) atoms. The van der Waals surface area contributed by atoms with Gasteiger partial charge in [0.1, 0.15) is 6.61 Å². The predicted octanol–water partition coefficient (Wildman–Crippen LogP) is 4.60. The van der Waals surface area contributed by atoms with Crippen LogP contribution in [0.4, 0.5) is 0 Å². The maximum Gasteiger partial charge on any atom is 0.338 e. The summed E-state index contributed by atoms with van der Waals surface area (Å²) >= 11 is 3.54. The maximum absolute atomic E-state index is 13.7. The summed E-state index contributed by atoms with van der Waals surface area (Å²) in [4.78, 5) is 31.6. The lowest BCUT2D eigenvalue weighted by atomic mass is 9.96. The van der Waals surface area contributed by atoms with Crippen LogP contribution in [0.15, 0.2) is 93.9 Å². The number of ether oxygens (including phenoxy) is 3. The van der Waals surface area contributed by atoms with Crippen LogP contribution in [0.25, 0.3) is 6.08 Å². The molecule has 9 heteroatoms. The van der Waals surface area contributed by atoms with E-state index in [1.807, 2.05) is 72.8 Å². The third-order valence-electron chi connectivity index (χ3n) is 6.34. The van der Waals surface area contributed by atoms with Crippen LogP contribution in [0, 0.1) is 3.57 Å². The summed E-state index contributed by atoms with van der Waals surface area (Å²) in [5.41, 5.74) is 3.27. The molecule has 7 nitrogen and oxygen atoms in total. The minimum Gasteiger partial charge on any atom is -0.493 e.